The number of hydrogen-bond donors (Lipinski definition) is 1. The van der Waals surface area contributed by atoms with Crippen molar-refractivity contribution in [2.24, 2.45) is 0 Å². The third kappa shape index (κ3) is 2.41. The van der Waals surface area contributed by atoms with Gasteiger partial charge in [0, 0.05) is 19.6 Å². The van der Waals surface area contributed by atoms with E-state index < -0.39 is 0 Å². The van der Waals surface area contributed by atoms with Crippen LogP contribution in [-0.2, 0) is 11.3 Å². The number of nitrogens with two attached hydrogens (primary N) is 1. The Morgan fingerprint density at radius 2 is 2.00 bits per heavy atom. The van der Waals surface area contributed by atoms with Crippen molar-refractivity contribution in [3.63, 3.8) is 0 Å². The van der Waals surface area contributed by atoms with E-state index in [1.54, 1.807) is 0 Å². The van der Waals surface area contributed by atoms with Gasteiger partial charge in [-0.15, -0.1) is 0 Å². The summed E-state index contributed by atoms with van der Waals surface area (Å²) in [5.74, 6) is 0. The molecule has 0 spiro atoms. The van der Waals surface area contributed by atoms with Gasteiger partial charge in [0.15, 0.2) is 0 Å². The van der Waals surface area contributed by atoms with Gasteiger partial charge >= 0.3 is 0 Å². The fourth-order valence-corrected chi connectivity index (χ4v) is 2.96. The minimum atomic E-state index is 0.443. The Labute approximate surface area is 106 Å². The molecule has 0 aliphatic carbocycles. The molecule has 2 fully saturated rings. The highest BCUT2D eigenvalue weighted by Gasteiger charge is 2.33. The number of ether oxygens (including phenoxy) is 1. The molecular formula is C13H17ClN2O. The van der Waals surface area contributed by atoms with Gasteiger partial charge in [0.05, 0.1) is 22.9 Å². The second-order valence-electron chi connectivity index (χ2n) is 5.01. The van der Waals surface area contributed by atoms with Gasteiger partial charge in [-0.25, -0.2) is 0 Å². The standard InChI is InChI=1S/C13H17ClN2O/c14-12-5-9(1-4-13(12)15)6-16-7-10-2-3-11(8-16)17-10/h1,4-5,10-11H,2-3,6-8,15H2. The highest BCUT2D eigenvalue weighted by Crippen LogP contribution is 2.28. The van der Waals surface area contributed by atoms with Crippen LogP contribution in [0.5, 0.6) is 0 Å². The van der Waals surface area contributed by atoms with Gasteiger partial charge < -0.3 is 10.5 Å². The van der Waals surface area contributed by atoms with Crippen molar-refractivity contribution >= 4 is 17.3 Å². The first-order valence-electron chi connectivity index (χ1n) is 6.12. The summed E-state index contributed by atoms with van der Waals surface area (Å²) >= 11 is 6.03. The third-order valence-electron chi connectivity index (χ3n) is 3.59. The minimum absolute atomic E-state index is 0.443. The SMILES string of the molecule is Nc1ccc(CN2CC3CCC(C2)O3)cc1Cl. The predicted molar refractivity (Wildman–Crippen MR) is 69.0 cm³/mol. The van der Waals surface area contributed by atoms with Gasteiger partial charge in [-0.3, -0.25) is 4.90 Å². The van der Waals surface area contributed by atoms with Crippen molar-refractivity contribution in [1.82, 2.24) is 4.90 Å². The van der Waals surface area contributed by atoms with E-state index in [0.717, 1.165) is 19.6 Å². The van der Waals surface area contributed by atoms with E-state index in [1.165, 1.54) is 18.4 Å². The van der Waals surface area contributed by atoms with Crippen LogP contribution in [0.15, 0.2) is 18.2 Å². The van der Waals surface area contributed by atoms with Gasteiger partial charge in [-0.05, 0) is 30.5 Å². The Hall–Kier alpha value is -0.770. The molecule has 2 saturated heterocycles. The van der Waals surface area contributed by atoms with E-state index >= 15 is 0 Å². The lowest BCUT2D eigenvalue weighted by atomic mass is 10.2. The quantitative estimate of drug-likeness (QED) is 0.821. The smallest absolute Gasteiger partial charge is 0.0707 e. The van der Waals surface area contributed by atoms with Gasteiger partial charge in [0.25, 0.3) is 0 Å². The average Bonchev–Trinajstić information content (AvgIpc) is 2.64. The molecule has 17 heavy (non-hydrogen) atoms. The molecule has 0 saturated carbocycles. The zero-order valence-electron chi connectivity index (χ0n) is 9.73. The molecule has 3 nitrogen and oxygen atoms in total. The van der Waals surface area contributed by atoms with Crippen LogP contribution in [-0.4, -0.2) is 30.2 Å². The summed E-state index contributed by atoms with van der Waals surface area (Å²) in [6.07, 6.45) is 3.31. The predicted octanol–water partition coefficient (Wildman–Crippen LogP) is 2.29. The van der Waals surface area contributed by atoms with Crippen LogP contribution in [0.25, 0.3) is 0 Å². The Morgan fingerprint density at radius 1 is 1.29 bits per heavy atom. The number of benzene rings is 1. The zero-order valence-corrected chi connectivity index (χ0v) is 10.5. The van der Waals surface area contributed by atoms with Crippen LogP contribution in [0.2, 0.25) is 5.02 Å². The highest BCUT2D eigenvalue weighted by atomic mass is 35.5. The van der Waals surface area contributed by atoms with Crippen molar-refractivity contribution in [2.75, 3.05) is 18.8 Å². The molecule has 1 aromatic rings. The van der Waals surface area contributed by atoms with E-state index in [0.29, 0.717) is 22.9 Å². The fraction of sp³-hybridized carbons (Fsp3) is 0.538. The van der Waals surface area contributed by atoms with Gasteiger partial charge in [-0.2, -0.15) is 0 Å². The van der Waals surface area contributed by atoms with Gasteiger partial charge in [0.2, 0.25) is 0 Å². The van der Waals surface area contributed by atoms with Gasteiger partial charge in [-0.1, -0.05) is 17.7 Å². The molecule has 2 heterocycles. The first-order valence-corrected chi connectivity index (χ1v) is 6.50. The first-order chi connectivity index (χ1) is 8.20. The van der Waals surface area contributed by atoms with Crippen molar-refractivity contribution in [3.05, 3.63) is 28.8 Å². The molecule has 3 rings (SSSR count). The Kier molecular flexibility index (Phi) is 2.99. The summed E-state index contributed by atoms with van der Waals surface area (Å²) in [6, 6.07) is 5.90. The molecule has 92 valence electrons. The van der Waals surface area contributed by atoms with E-state index in [2.05, 4.69) is 11.0 Å². The summed E-state index contributed by atoms with van der Waals surface area (Å²) in [5, 5.41) is 0.652. The maximum Gasteiger partial charge on any atom is 0.0707 e. The topological polar surface area (TPSA) is 38.5 Å². The van der Waals surface area contributed by atoms with E-state index in [9.17, 15) is 0 Å². The molecule has 2 bridgehead atoms. The number of anilines is 1. The fourth-order valence-electron chi connectivity index (χ4n) is 2.76. The molecule has 0 aromatic heterocycles. The molecule has 2 aliphatic rings. The number of fused-ring (bicyclic) bond motifs is 2. The summed E-state index contributed by atoms with van der Waals surface area (Å²) in [6.45, 7) is 3.02. The molecule has 2 unspecified atom stereocenters. The molecule has 2 atom stereocenters. The van der Waals surface area contributed by atoms with Crippen molar-refractivity contribution in [3.8, 4) is 0 Å². The van der Waals surface area contributed by atoms with E-state index in [4.69, 9.17) is 22.1 Å². The van der Waals surface area contributed by atoms with Crippen molar-refractivity contribution in [2.45, 2.75) is 31.6 Å². The summed E-state index contributed by atoms with van der Waals surface area (Å²) < 4.78 is 5.82. The van der Waals surface area contributed by atoms with Crippen LogP contribution in [0.4, 0.5) is 5.69 Å². The number of halogens is 1. The lowest BCUT2D eigenvalue weighted by Gasteiger charge is -2.32. The molecule has 1 aromatic carbocycles. The van der Waals surface area contributed by atoms with E-state index in [-0.39, 0.29) is 0 Å². The van der Waals surface area contributed by atoms with Gasteiger partial charge in [0.1, 0.15) is 0 Å². The van der Waals surface area contributed by atoms with Crippen molar-refractivity contribution in [1.29, 1.82) is 0 Å². The summed E-state index contributed by atoms with van der Waals surface area (Å²) in [5.41, 5.74) is 7.59. The number of likely N-dealkylation sites (tertiary alicyclic amines) is 1. The summed E-state index contributed by atoms with van der Waals surface area (Å²) in [4.78, 5) is 2.45. The Morgan fingerprint density at radius 3 is 2.65 bits per heavy atom. The maximum atomic E-state index is 6.03. The largest absolute Gasteiger partial charge is 0.398 e. The number of morpholine rings is 1. The lowest BCUT2D eigenvalue weighted by molar-refractivity contribution is -0.0410. The zero-order chi connectivity index (χ0) is 11.8. The van der Waals surface area contributed by atoms with Crippen LogP contribution in [0.1, 0.15) is 18.4 Å². The van der Waals surface area contributed by atoms with Crippen LogP contribution in [0.3, 0.4) is 0 Å². The van der Waals surface area contributed by atoms with E-state index in [1.807, 2.05) is 12.1 Å². The number of rotatable bonds is 2. The van der Waals surface area contributed by atoms with Crippen LogP contribution in [0, 0.1) is 0 Å². The maximum absolute atomic E-state index is 6.03. The number of hydrogen-bond acceptors (Lipinski definition) is 3. The number of nitrogens with zero attached hydrogens (tertiary/aromatic N) is 1. The third-order valence-corrected chi connectivity index (χ3v) is 3.92. The summed E-state index contributed by atoms with van der Waals surface area (Å²) in [7, 11) is 0. The first kappa shape index (κ1) is 11.3. The van der Waals surface area contributed by atoms with Crippen molar-refractivity contribution < 1.29 is 4.74 Å². The molecule has 4 heteroatoms. The lowest BCUT2D eigenvalue weighted by Crippen LogP contribution is -2.41. The Bertz CT molecular complexity index is 412. The van der Waals surface area contributed by atoms with Crippen LogP contribution < -0.4 is 5.73 Å². The molecule has 0 radical (unpaired) electrons. The normalized spacial score (nSPS) is 28.5. The molecular weight excluding hydrogens is 236 g/mol. The highest BCUT2D eigenvalue weighted by molar-refractivity contribution is 6.33. The minimum Gasteiger partial charge on any atom is -0.398 e. The Balaban J connectivity index is 1.68. The van der Waals surface area contributed by atoms with Crippen LogP contribution >= 0.6 is 11.6 Å². The molecule has 0 amide bonds. The number of nitrogen functional groups attached to an aromatic ring is 1. The monoisotopic (exact) mass is 252 g/mol. The second-order valence-corrected chi connectivity index (χ2v) is 5.41. The molecule has 2 aliphatic heterocycles. The average molecular weight is 253 g/mol. The second kappa shape index (κ2) is 4.48. The molecule has 2 N–H and O–H groups in total.